The molecule has 2 nitrogen and oxygen atoms in total. The predicted molar refractivity (Wildman–Crippen MR) is 80.0 cm³/mol. The Bertz CT molecular complexity index is 613. The first kappa shape index (κ1) is 14.8. The van der Waals surface area contributed by atoms with E-state index in [4.69, 9.17) is 22.1 Å². The van der Waals surface area contributed by atoms with Crippen LogP contribution >= 0.6 is 11.6 Å². The highest BCUT2D eigenvalue weighted by Gasteiger charge is 2.09. The average molecular weight is 294 g/mol. The summed E-state index contributed by atoms with van der Waals surface area (Å²) in [4.78, 5) is 0. The summed E-state index contributed by atoms with van der Waals surface area (Å²) in [6.45, 7) is 3.62. The van der Waals surface area contributed by atoms with Gasteiger partial charge in [0.1, 0.15) is 17.3 Å². The van der Waals surface area contributed by atoms with Crippen molar-refractivity contribution in [1.29, 1.82) is 0 Å². The summed E-state index contributed by atoms with van der Waals surface area (Å²) in [5, 5.41) is 0.628. The fourth-order valence-electron chi connectivity index (χ4n) is 1.92. The molecule has 0 amide bonds. The minimum Gasteiger partial charge on any atom is -0.457 e. The lowest BCUT2D eigenvalue weighted by molar-refractivity contribution is 0.468. The number of benzene rings is 2. The van der Waals surface area contributed by atoms with Gasteiger partial charge in [-0.3, -0.25) is 0 Å². The summed E-state index contributed by atoms with van der Waals surface area (Å²) in [5.74, 6) is 0.821. The number of nitrogens with two attached hydrogens (primary N) is 1. The smallest absolute Gasteiger partial charge is 0.130 e. The minimum atomic E-state index is -0.287. The lowest BCUT2D eigenvalue weighted by Crippen LogP contribution is -2.18. The molecule has 2 aromatic rings. The fourth-order valence-corrected chi connectivity index (χ4v) is 2.11. The summed E-state index contributed by atoms with van der Waals surface area (Å²) >= 11 is 5.99. The second-order valence-electron chi connectivity index (χ2n) is 4.95. The summed E-state index contributed by atoms with van der Waals surface area (Å²) in [7, 11) is 0. The van der Waals surface area contributed by atoms with Gasteiger partial charge in [0, 0.05) is 17.1 Å². The number of aryl methyl sites for hydroxylation is 1. The summed E-state index contributed by atoms with van der Waals surface area (Å²) < 4.78 is 19.3. The van der Waals surface area contributed by atoms with Crippen molar-refractivity contribution in [2.75, 3.05) is 0 Å². The minimum absolute atomic E-state index is 0.00873. The number of rotatable bonds is 4. The third-order valence-electron chi connectivity index (χ3n) is 2.94. The second kappa shape index (κ2) is 6.25. The average Bonchev–Trinajstić information content (AvgIpc) is 2.36. The molecule has 20 heavy (non-hydrogen) atoms. The molecule has 0 aliphatic carbocycles. The van der Waals surface area contributed by atoms with Gasteiger partial charge in [-0.2, -0.15) is 0 Å². The van der Waals surface area contributed by atoms with E-state index in [9.17, 15) is 4.39 Å². The highest BCUT2D eigenvalue weighted by molar-refractivity contribution is 6.30. The number of hydrogen-bond acceptors (Lipinski definition) is 2. The van der Waals surface area contributed by atoms with Gasteiger partial charge in [0.05, 0.1) is 0 Å². The van der Waals surface area contributed by atoms with Gasteiger partial charge >= 0.3 is 0 Å². The van der Waals surface area contributed by atoms with E-state index in [1.807, 2.05) is 13.0 Å². The molecule has 1 unspecified atom stereocenters. The Balaban J connectivity index is 2.30. The van der Waals surface area contributed by atoms with Crippen LogP contribution in [0.25, 0.3) is 0 Å². The van der Waals surface area contributed by atoms with E-state index in [0.717, 1.165) is 5.56 Å². The molecule has 0 bridgehead atoms. The Hall–Kier alpha value is -1.58. The molecule has 0 spiro atoms. The topological polar surface area (TPSA) is 35.2 Å². The number of hydrogen-bond donors (Lipinski definition) is 1. The fraction of sp³-hybridized carbons (Fsp3) is 0.250. The number of ether oxygens (including phenoxy) is 1. The highest BCUT2D eigenvalue weighted by atomic mass is 35.5. The zero-order valence-electron chi connectivity index (χ0n) is 11.5. The van der Waals surface area contributed by atoms with Crippen LogP contribution in [0.1, 0.15) is 18.1 Å². The molecule has 1 atom stereocenters. The molecule has 2 rings (SSSR count). The van der Waals surface area contributed by atoms with Crippen LogP contribution in [0.3, 0.4) is 0 Å². The van der Waals surface area contributed by atoms with Gasteiger partial charge in [0.25, 0.3) is 0 Å². The normalized spacial score (nSPS) is 12.2. The first-order valence-electron chi connectivity index (χ1n) is 6.43. The summed E-state index contributed by atoms with van der Waals surface area (Å²) in [5.41, 5.74) is 7.32. The van der Waals surface area contributed by atoms with E-state index in [-0.39, 0.29) is 11.9 Å². The molecular formula is C16H17ClFNO. The van der Waals surface area contributed by atoms with Crippen molar-refractivity contribution in [2.45, 2.75) is 26.3 Å². The maximum absolute atomic E-state index is 13.5. The van der Waals surface area contributed by atoms with Crippen LogP contribution in [-0.2, 0) is 6.42 Å². The van der Waals surface area contributed by atoms with E-state index in [2.05, 4.69) is 0 Å². The van der Waals surface area contributed by atoms with Gasteiger partial charge in [0.2, 0.25) is 0 Å². The van der Waals surface area contributed by atoms with Gasteiger partial charge < -0.3 is 10.5 Å². The van der Waals surface area contributed by atoms with Crippen molar-refractivity contribution in [3.05, 3.63) is 58.4 Å². The molecule has 0 saturated heterocycles. The highest BCUT2D eigenvalue weighted by Crippen LogP contribution is 2.29. The summed E-state index contributed by atoms with van der Waals surface area (Å²) in [6, 6.07) is 10.1. The molecule has 0 heterocycles. The zero-order chi connectivity index (χ0) is 14.7. The monoisotopic (exact) mass is 293 g/mol. The predicted octanol–water partition coefficient (Wildman–Crippen LogP) is 4.47. The van der Waals surface area contributed by atoms with Crippen LogP contribution in [0.15, 0.2) is 36.4 Å². The quantitative estimate of drug-likeness (QED) is 0.902. The lowest BCUT2D eigenvalue weighted by Gasteiger charge is -2.13. The molecule has 0 fully saturated rings. The standard InChI is InChI=1S/C16H17ClFNO/c1-10-3-5-14(9-15(10)18)20-16-6-4-13(17)8-12(16)7-11(2)19/h3-6,8-9,11H,7,19H2,1-2H3. The third kappa shape index (κ3) is 3.71. The van der Waals surface area contributed by atoms with Gasteiger partial charge in [-0.25, -0.2) is 4.39 Å². The van der Waals surface area contributed by atoms with Crippen molar-refractivity contribution in [3.8, 4) is 11.5 Å². The van der Waals surface area contributed by atoms with Gasteiger partial charge in [-0.1, -0.05) is 17.7 Å². The van der Waals surface area contributed by atoms with E-state index >= 15 is 0 Å². The molecule has 0 aliphatic heterocycles. The molecule has 0 radical (unpaired) electrons. The maximum atomic E-state index is 13.5. The first-order valence-corrected chi connectivity index (χ1v) is 6.81. The SMILES string of the molecule is Cc1ccc(Oc2ccc(Cl)cc2CC(C)N)cc1F. The Kier molecular flexibility index (Phi) is 4.63. The zero-order valence-corrected chi connectivity index (χ0v) is 12.2. The second-order valence-corrected chi connectivity index (χ2v) is 5.38. The molecule has 106 valence electrons. The van der Waals surface area contributed by atoms with Crippen LogP contribution in [0, 0.1) is 12.7 Å². The largest absolute Gasteiger partial charge is 0.457 e. The number of halogens is 2. The Morgan fingerprint density at radius 2 is 2.00 bits per heavy atom. The van der Waals surface area contributed by atoms with Crippen molar-refractivity contribution < 1.29 is 9.13 Å². The van der Waals surface area contributed by atoms with Crippen molar-refractivity contribution >= 4 is 11.6 Å². The maximum Gasteiger partial charge on any atom is 0.130 e. The van der Waals surface area contributed by atoms with Crippen LogP contribution in [0.5, 0.6) is 11.5 Å². The van der Waals surface area contributed by atoms with Crippen molar-refractivity contribution in [3.63, 3.8) is 0 Å². The van der Waals surface area contributed by atoms with Crippen LogP contribution in [0.4, 0.5) is 4.39 Å². The van der Waals surface area contributed by atoms with Gasteiger partial charge in [-0.15, -0.1) is 0 Å². The molecular weight excluding hydrogens is 277 g/mol. The van der Waals surface area contributed by atoms with E-state index in [1.54, 1.807) is 31.2 Å². The van der Waals surface area contributed by atoms with Crippen LogP contribution in [0.2, 0.25) is 5.02 Å². The van der Waals surface area contributed by atoms with E-state index in [0.29, 0.717) is 28.5 Å². The first-order chi connectivity index (χ1) is 9.45. The Morgan fingerprint density at radius 1 is 1.25 bits per heavy atom. The lowest BCUT2D eigenvalue weighted by atomic mass is 10.1. The molecule has 0 saturated carbocycles. The van der Waals surface area contributed by atoms with E-state index in [1.165, 1.54) is 6.07 Å². The van der Waals surface area contributed by atoms with Crippen LogP contribution in [-0.4, -0.2) is 6.04 Å². The summed E-state index contributed by atoms with van der Waals surface area (Å²) in [6.07, 6.45) is 0.643. The van der Waals surface area contributed by atoms with Crippen molar-refractivity contribution in [2.24, 2.45) is 5.73 Å². The van der Waals surface area contributed by atoms with E-state index < -0.39 is 0 Å². The Labute approximate surface area is 123 Å². The molecule has 2 aromatic carbocycles. The van der Waals surface area contributed by atoms with Crippen LogP contribution < -0.4 is 10.5 Å². The Morgan fingerprint density at radius 3 is 2.65 bits per heavy atom. The molecule has 0 aliphatic rings. The molecule has 0 aromatic heterocycles. The van der Waals surface area contributed by atoms with Gasteiger partial charge in [-0.05, 0) is 55.7 Å². The van der Waals surface area contributed by atoms with Gasteiger partial charge in [0.15, 0.2) is 0 Å². The third-order valence-corrected chi connectivity index (χ3v) is 3.17. The molecule has 2 N–H and O–H groups in total. The molecule has 4 heteroatoms. The van der Waals surface area contributed by atoms with Crippen molar-refractivity contribution in [1.82, 2.24) is 0 Å².